The summed E-state index contributed by atoms with van der Waals surface area (Å²) >= 11 is 12.8. The summed E-state index contributed by atoms with van der Waals surface area (Å²) in [5, 5.41) is 13.2. The van der Waals surface area contributed by atoms with Gasteiger partial charge in [-0.2, -0.15) is 0 Å². The summed E-state index contributed by atoms with van der Waals surface area (Å²) in [6.07, 6.45) is 5.36. The molecule has 3 rings (SSSR count). The van der Waals surface area contributed by atoms with Crippen LogP contribution in [0, 0.1) is 5.41 Å². The molecule has 2 aromatic carbocycles. The number of amides is 1. The number of aliphatic hydroxyl groups is 1. The summed E-state index contributed by atoms with van der Waals surface area (Å²) in [4.78, 5) is 16.5. The molecular weight excluding hydrogens is 581 g/mol. The molecule has 1 N–H and O–H groups in total. The monoisotopic (exact) mass is 631 g/mol. The molecule has 42 heavy (non-hydrogen) atoms. The van der Waals surface area contributed by atoms with Gasteiger partial charge < -0.3 is 14.4 Å². The number of benzene rings is 2. The Balaban J connectivity index is 1.95. The normalized spacial score (nSPS) is 23.1. The van der Waals surface area contributed by atoms with E-state index in [0.29, 0.717) is 42.3 Å². The lowest BCUT2D eigenvalue weighted by molar-refractivity contribution is -0.158. The Morgan fingerprint density at radius 1 is 1.12 bits per heavy atom. The quantitative estimate of drug-likeness (QED) is 0.136. The number of carbonyl (C=O) groups is 1. The molecule has 0 aliphatic carbocycles. The predicted octanol–water partition coefficient (Wildman–Crippen LogP) is 9.96. The minimum Gasteiger partial charge on any atom is -0.417 e. The van der Waals surface area contributed by atoms with Crippen LogP contribution >= 0.6 is 23.2 Å². The summed E-state index contributed by atoms with van der Waals surface area (Å²) < 4.78 is 6.37. The molecule has 4 nitrogen and oxygen atoms in total. The van der Waals surface area contributed by atoms with E-state index in [2.05, 4.69) is 53.4 Å². The van der Waals surface area contributed by atoms with E-state index in [1.165, 1.54) is 0 Å². The van der Waals surface area contributed by atoms with Crippen LogP contribution in [0.3, 0.4) is 0 Å². The zero-order valence-electron chi connectivity index (χ0n) is 26.6. The third-order valence-electron chi connectivity index (χ3n) is 9.57. The van der Waals surface area contributed by atoms with Gasteiger partial charge in [-0.1, -0.05) is 88.2 Å². The first kappa shape index (κ1) is 34.9. The fourth-order valence-electron chi connectivity index (χ4n) is 6.10. The third kappa shape index (κ3) is 8.09. The minimum absolute atomic E-state index is 0.0215. The zero-order chi connectivity index (χ0) is 31.3. The highest BCUT2D eigenvalue weighted by molar-refractivity contribution is 6.74. The van der Waals surface area contributed by atoms with E-state index in [-0.39, 0.29) is 28.9 Å². The number of unbranched alkanes of at least 4 members (excludes halogenated alkanes) is 1. The van der Waals surface area contributed by atoms with Crippen molar-refractivity contribution in [2.24, 2.45) is 5.41 Å². The molecule has 1 aliphatic rings. The van der Waals surface area contributed by atoms with Gasteiger partial charge in [0, 0.05) is 22.6 Å². The maximum absolute atomic E-state index is 14.5. The van der Waals surface area contributed by atoms with E-state index in [0.717, 1.165) is 24.0 Å². The van der Waals surface area contributed by atoms with Gasteiger partial charge in [-0.25, -0.2) is 0 Å². The summed E-state index contributed by atoms with van der Waals surface area (Å²) in [6.45, 7) is 20.1. The van der Waals surface area contributed by atoms with E-state index >= 15 is 0 Å². The van der Waals surface area contributed by atoms with E-state index in [1.807, 2.05) is 60.4 Å². The Labute approximate surface area is 265 Å². The van der Waals surface area contributed by atoms with Crippen molar-refractivity contribution in [2.45, 2.75) is 115 Å². The second kappa shape index (κ2) is 14.4. The number of carbonyl (C=O) groups excluding carboxylic acids is 1. The van der Waals surface area contributed by atoms with Crippen molar-refractivity contribution in [3.63, 3.8) is 0 Å². The van der Waals surface area contributed by atoms with E-state index in [4.69, 9.17) is 27.6 Å². The first-order chi connectivity index (χ1) is 19.6. The van der Waals surface area contributed by atoms with Crippen molar-refractivity contribution in [3.8, 4) is 0 Å². The molecule has 1 heterocycles. The number of aliphatic hydroxyl groups excluding tert-OH is 1. The molecule has 0 aromatic heterocycles. The van der Waals surface area contributed by atoms with Gasteiger partial charge in [0.15, 0.2) is 8.32 Å². The predicted molar refractivity (Wildman–Crippen MR) is 180 cm³/mol. The fraction of sp³-hybridized carbons (Fsp3) is 0.571. The summed E-state index contributed by atoms with van der Waals surface area (Å²) in [5.41, 5.74) is 1.44. The average Bonchev–Trinajstić information content (AvgIpc) is 2.91. The van der Waals surface area contributed by atoms with E-state index in [9.17, 15) is 9.90 Å². The van der Waals surface area contributed by atoms with Crippen molar-refractivity contribution in [1.82, 2.24) is 4.90 Å². The lowest BCUT2D eigenvalue weighted by Crippen LogP contribution is -2.58. The van der Waals surface area contributed by atoms with Gasteiger partial charge in [-0.05, 0) is 92.0 Å². The fourth-order valence-corrected chi connectivity index (χ4v) is 7.51. The molecule has 2 unspecified atom stereocenters. The summed E-state index contributed by atoms with van der Waals surface area (Å²) in [5.74, 6) is 0.0413. The van der Waals surface area contributed by atoms with Crippen LogP contribution in [0.2, 0.25) is 28.2 Å². The number of hydrogen-bond donors (Lipinski definition) is 1. The van der Waals surface area contributed by atoms with E-state index < -0.39 is 19.8 Å². The highest BCUT2D eigenvalue weighted by Crippen LogP contribution is 2.52. The molecule has 0 spiro atoms. The van der Waals surface area contributed by atoms with Crippen LogP contribution in [0.1, 0.15) is 96.2 Å². The van der Waals surface area contributed by atoms with Gasteiger partial charge in [0.2, 0.25) is 5.91 Å². The van der Waals surface area contributed by atoms with Crippen molar-refractivity contribution in [2.75, 3.05) is 6.61 Å². The number of nitrogens with zero attached hydrogens (tertiary/aromatic N) is 1. The van der Waals surface area contributed by atoms with Crippen LogP contribution in [0.5, 0.6) is 0 Å². The molecule has 0 radical (unpaired) electrons. The molecule has 5 atom stereocenters. The second-order valence-corrected chi connectivity index (χ2v) is 19.5. The second-order valence-electron chi connectivity index (χ2n) is 13.8. The molecular formula is C35H51Cl2NO3Si. The summed E-state index contributed by atoms with van der Waals surface area (Å²) in [7, 11) is -1.81. The molecule has 232 valence electrons. The van der Waals surface area contributed by atoms with Crippen molar-refractivity contribution >= 4 is 37.4 Å². The Morgan fingerprint density at radius 3 is 2.36 bits per heavy atom. The van der Waals surface area contributed by atoms with Crippen LogP contribution in [-0.2, 0) is 9.22 Å². The van der Waals surface area contributed by atoms with E-state index in [1.54, 1.807) is 0 Å². The molecule has 1 saturated heterocycles. The lowest BCUT2D eigenvalue weighted by Gasteiger charge is -2.53. The van der Waals surface area contributed by atoms with Gasteiger partial charge in [0.25, 0.3) is 0 Å². The van der Waals surface area contributed by atoms with Gasteiger partial charge in [0.05, 0.1) is 23.6 Å². The number of halogens is 2. The topological polar surface area (TPSA) is 49.8 Å². The Kier molecular flexibility index (Phi) is 12.0. The maximum Gasteiger partial charge on any atom is 0.229 e. The highest BCUT2D eigenvalue weighted by atomic mass is 35.5. The Bertz CT molecular complexity index is 1200. The number of likely N-dealkylation sites (tertiary alicyclic amines) is 1. The van der Waals surface area contributed by atoms with Crippen LogP contribution in [0.15, 0.2) is 61.2 Å². The number of rotatable bonds is 13. The smallest absolute Gasteiger partial charge is 0.229 e. The standard InChI is InChI=1S/C35H51Cl2NO3Si/c1-9-21-35(6)24-29(26-14-13-15-28(37)23-26)32(25-17-19-27(36)20-18-25)38(33(35)40)30(10-2)31(39)16-11-12-22-41-42(7,8)34(3,4)5/h9,13-15,17-20,23,29-32,39H,1,10-12,16,21-22,24H2,2-8H3/t29-,30?,31?,32-,35+/m1/s1. The molecule has 0 saturated carbocycles. The van der Waals surface area contributed by atoms with Crippen molar-refractivity contribution in [3.05, 3.63) is 82.4 Å². The first-order valence-corrected chi connectivity index (χ1v) is 19.1. The number of allylic oxidation sites excluding steroid dienone is 1. The lowest BCUT2D eigenvalue weighted by atomic mass is 9.66. The molecule has 2 aromatic rings. The van der Waals surface area contributed by atoms with Gasteiger partial charge >= 0.3 is 0 Å². The SMILES string of the molecule is C=CC[C@@]1(C)C[C@H](c2cccc(Cl)c2)[C@@H](c2ccc(Cl)cc2)N(C(CC)C(O)CCCCO[Si](C)(C)C(C)(C)C)C1=O. The van der Waals surface area contributed by atoms with Gasteiger partial charge in [0.1, 0.15) is 0 Å². The van der Waals surface area contributed by atoms with Crippen LogP contribution in [-0.4, -0.2) is 43.0 Å². The number of piperidine rings is 1. The average molecular weight is 633 g/mol. The Hall–Kier alpha value is -1.63. The molecule has 7 heteroatoms. The van der Waals surface area contributed by atoms with Crippen molar-refractivity contribution < 1.29 is 14.3 Å². The first-order valence-electron chi connectivity index (χ1n) is 15.4. The van der Waals surface area contributed by atoms with Crippen LogP contribution in [0.25, 0.3) is 0 Å². The van der Waals surface area contributed by atoms with Crippen molar-refractivity contribution in [1.29, 1.82) is 0 Å². The van der Waals surface area contributed by atoms with Crippen LogP contribution < -0.4 is 0 Å². The Morgan fingerprint density at radius 2 is 1.79 bits per heavy atom. The van der Waals surface area contributed by atoms with Crippen LogP contribution in [0.4, 0.5) is 0 Å². The largest absolute Gasteiger partial charge is 0.417 e. The number of hydrogen-bond acceptors (Lipinski definition) is 3. The molecule has 1 aliphatic heterocycles. The highest BCUT2D eigenvalue weighted by Gasteiger charge is 2.51. The van der Waals surface area contributed by atoms with Gasteiger partial charge in [-0.3, -0.25) is 4.79 Å². The third-order valence-corrected chi connectivity index (χ3v) is 14.6. The molecule has 0 bridgehead atoms. The molecule has 1 fully saturated rings. The maximum atomic E-state index is 14.5. The summed E-state index contributed by atoms with van der Waals surface area (Å²) in [6, 6.07) is 15.1. The minimum atomic E-state index is -1.81. The molecule has 1 amide bonds. The zero-order valence-corrected chi connectivity index (χ0v) is 29.1. The van der Waals surface area contributed by atoms with Gasteiger partial charge in [-0.15, -0.1) is 6.58 Å².